The topological polar surface area (TPSA) is 83.6 Å². The van der Waals surface area contributed by atoms with Gasteiger partial charge in [-0.3, -0.25) is 9.59 Å². The largest absolute Gasteiger partial charge is 0.484 e. The summed E-state index contributed by atoms with van der Waals surface area (Å²) in [6.45, 7) is 2.27. The van der Waals surface area contributed by atoms with E-state index in [1.165, 1.54) is 12.8 Å². The van der Waals surface area contributed by atoms with Crippen molar-refractivity contribution in [2.45, 2.75) is 19.4 Å². The molecule has 1 saturated heterocycles. The van der Waals surface area contributed by atoms with Crippen molar-refractivity contribution in [3.05, 3.63) is 54.2 Å². The van der Waals surface area contributed by atoms with E-state index in [-0.39, 0.29) is 25.0 Å². The molecule has 3 rings (SSSR count). The molecule has 142 valence electrons. The summed E-state index contributed by atoms with van der Waals surface area (Å²) < 4.78 is 5.33. The van der Waals surface area contributed by atoms with Crippen molar-refractivity contribution in [2.75, 3.05) is 31.1 Å². The van der Waals surface area contributed by atoms with Crippen LogP contribution in [-0.4, -0.2) is 43.0 Å². The molecule has 7 nitrogen and oxygen atoms in total. The van der Waals surface area contributed by atoms with Crippen LogP contribution in [0.4, 0.5) is 5.82 Å². The van der Waals surface area contributed by atoms with Crippen LogP contribution in [0.1, 0.15) is 18.4 Å². The van der Waals surface area contributed by atoms with Crippen molar-refractivity contribution in [2.24, 2.45) is 0 Å². The van der Waals surface area contributed by atoms with Gasteiger partial charge < -0.3 is 20.3 Å². The van der Waals surface area contributed by atoms with Gasteiger partial charge in [-0.2, -0.15) is 0 Å². The molecule has 0 spiro atoms. The fraction of sp³-hybridized carbons (Fsp3) is 0.350. The summed E-state index contributed by atoms with van der Waals surface area (Å²) in [6, 6.07) is 13.0. The van der Waals surface area contributed by atoms with Gasteiger partial charge in [0.25, 0.3) is 5.91 Å². The third-order valence-corrected chi connectivity index (χ3v) is 4.29. The zero-order valence-corrected chi connectivity index (χ0v) is 15.2. The average molecular weight is 368 g/mol. The van der Waals surface area contributed by atoms with Gasteiger partial charge in [0.05, 0.1) is 6.54 Å². The fourth-order valence-corrected chi connectivity index (χ4v) is 2.81. The van der Waals surface area contributed by atoms with Crippen LogP contribution < -0.4 is 20.3 Å². The predicted molar refractivity (Wildman–Crippen MR) is 102 cm³/mol. The highest BCUT2D eigenvalue weighted by Gasteiger charge is 2.13. The number of benzene rings is 1. The second-order valence-electron chi connectivity index (χ2n) is 6.37. The number of aromatic nitrogens is 1. The molecular weight excluding hydrogens is 344 g/mol. The van der Waals surface area contributed by atoms with E-state index in [2.05, 4.69) is 20.5 Å². The Hall–Kier alpha value is -3.09. The molecule has 1 fully saturated rings. The summed E-state index contributed by atoms with van der Waals surface area (Å²) in [5.41, 5.74) is 0.921. The molecule has 1 aliphatic rings. The van der Waals surface area contributed by atoms with E-state index in [4.69, 9.17) is 4.74 Å². The van der Waals surface area contributed by atoms with Crippen LogP contribution in [0.25, 0.3) is 0 Å². The van der Waals surface area contributed by atoms with E-state index < -0.39 is 0 Å². The molecule has 2 aromatic rings. The van der Waals surface area contributed by atoms with Crippen molar-refractivity contribution >= 4 is 17.6 Å². The average Bonchev–Trinajstić information content (AvgIpc) is 3.25. The molecule has 2 N–H and O–H groups in total. The normalized spacial score (nSPS) is 13.3. The van der Waals surface area contributed by atoms with Gasteiger partial charge in [0, 0.05) is 25.8 Å². The maximum absolute atomic E-state index is 11.9. The number of rotatable bonds is 8. The van der Waals surface area contributed by atoms with Crippen molar-refractivity contribution in [3.8, 4) is 5.75 Å². The molecule has 1 aliphatic heterocycles. The van der Waals surface area contributed by atoms with Gasteiger partial charge in [-0.15, -0.1) is 0 Å². The SMILES string of the molecule is O=C(CNC(=O)COc1ccccc1)NCc1ccc(N2CCCC2)nc1. The predicted octanol–water partition coefficient (Wildman–Crippen LogP) is 1.49. The number of carbonyl (C=O) groups is 2. The lowest BCUT2D eigenvalue weighted by molar-refractivity contribution is -0.127. The molecule has 0 unspecified atom stereocenters. The maximum atomic E-state index is 11.9. The van der Waals surface area contributed by atoms with Gasteiger partial charge in [0.1, 0.15) is 11.6 Å². The van der Waals surface area contributed by atoms with Crippen LogP contribution in [0.5, 0.6) is 5.75 Å². The molecule has 2 heterocycles. The summed E-state index contributed by atoms with van der Waals surface area (Å²) in [4.78, 5) is 30.3. The Labute approximate surface area is 158 Å². The number of nitrogens with zero attached hydrogens (tertiary/aromatic N) is 2. The van der Waals surface area contributed by atoms with Crippen LogP contribution in [0.15, 0.2) is 48.7 Å². The molecule has 0 aliphatic carbocycles. The highest BCUT2D eigenvalue weighted by molar-refractivity contribution is 5.85. The first-order chi connectivity index (χ1) is 13.2. The first-order valence-electron chi connectivity index (χ1n) is 9.12. The quantitative estimate of drug-likeness (QED) is 0.738. The highest BCUT2D eigenvalue weighted by atomic mass is 16.5. The van der Waals surface area contributed by atoms with Crippen LogP contribution in [0.3, 0.4) is 0 Å². The third kappa shape index (κ3) is 5.99. The summed E-state index contributed by atoms with van der Waals surface area (Å²) >= 11 is 0. The van der Waals surface area contributed by atoms with Gasteiger partial charge in [-0.1, -0.05) is 24.3 Å². The van der Waals surface area contributed by atoms with Crippen LogP contribution >= 0.6 is 0 Å². The number of hydrogen-bond acceptors (Lipinski definition) is 5. The molecule has 0 radical (unpaired) electrons. The minimum absolute atomic E-state index is 0.0870. The standard InChI is InChI=1S/C20H24N4O3/c25-19(14-23-20(26)15-27-17-6-2-1-3-7-17)22-13-16-8-9-18(21-12-16)24-10-4-5-11-24/h1-3,6-9,12H,4-5,10-11,13-15H2,(H,22,25)(H,23,26). The number of para-hydroxylation sites is 1. The Bertz CT molecular complexity index is 744. The number of amides is 2. The van der Waals surface area contributed by atoms with Gasteiger partial charge in [0.2, 0.25) is 5.91 Å². The molecule has 27 heavy (non-hydrogen) atoms. The van der Waals surface area contributed by atoms with Crippen molar-refractivity contribution in [1.82, 2.24) is 15.6 Å². The minimum Gasteiger partial charge on any atom is -0.484 e. The number of anilines is 1. The lowest BCUT2D eigenvalue weighted by Crippen LogP contribution is -2.38. The number of hydrogen-bond donors (Lipinski definition) is 2. The van der Waals surface area contributed by atoms with Gasteiger partial charge in [-0.25, -0.2) is 4.98 Å². The zero-order valence-electron chi connectivity index (χ0n) is 15.2. The Morgan fingerprint density at radius 2 is 1.78 bits per heavy atom. The first kappa shape index (κ1) is 18.7. The smallest absolute Gasteiger partial charge is 0.258 e. The summed E-state index contributed by atoms with van der Waals surface area (Å²) in [6.07, 6.45) is 4.20. The van der Waals surface area contributed by atoms with E-state index in [0.717, 1.165) is 24.5 Å². The number of nitrogens with one attached hydrogen (secondary N) is 2. The fourth-order valence-electron chi connectivity index (χ4n) is 2.81. The Morgan fingerprint density at radius 3 is 2.48 bits per heavy atom. The van der Waals surface area contributed by atoms with Crippen LogP contribution in [0.2, 0.25) is 0 Å². The molecule has 1 aromatic carbocycles. The van der Waals surface area contributed by atoms with Gasteiger partial charge in [0.15, 0.2) is 6.61 Å². The number of ether oxygens (including phenoxy) is 1. The van der Waals surface area contributed by atoms with Gasteiger partial charge >= 0.3 is 0 Å². The Morgan fingerprint density at radius 1 is 1.00 bits per heavy atom. The van der Waals surface area contributed by atoms with Crippen molar-refractivity contribution in [3.63, 3.8) is 0 Å². The number of carbonyl (C=O) groups excluding carboxylic acids is 2. The van der Waals surface area contributed by atoms with Gasteiger partial charge in [-0.05, 0) is 36.6 Å². The highest BCUT2D eigenvalue weighted by Crippen LogP contribution is 2.17. The summed E-state index contributed by atoms with van der Waals surface area (Å²) in [5.74, 6) is 0.993. The second-order valence-corrected chi connectivity index (χ2v) is 6.37. The zero-order chi connectivity index (χ0) is 18.9. The molecular formula is C20H24N4O3. The lowest BCUT2D eigenvalue weighted by Gasteiger charge is -2.16. The molecule has 2 amide bonds. The molecule has 0 bridgehead atoms. The number of pyridine rings is 1. The summed E-state index contributed by atoms with van der Waals surface area (Å²) in [7, 11) is 0. The van der Waals surface area contributed by atoms with Crippen LogP contribution in [0, 0.1) is 0 Å². The summed E-state index contributed by atoms with van der Waals surface area (Å²) in [5, 5.41) is 5.31. The minimum atomic E-state index is -0.342. The second kappa shape index (κ2) is 9.56. The lowest BCUT2D eigenvalue weighted by atomic mass is 10.2. The van der Waals surface area contributed by atoms with Crippen molar-refractivity contribution in [1.29, 1.82) is 0 Å². The van der Waals surface area contributed by atoms with E-state index in [0.29, 0.717) is 12.3 Å². The third-order valence-electron chi connectivity index (χ3n) is 4.29. The Kier molecular flexibility index (Phi) is 6.62. The van der Waals surface area contributed by atoms with E-state index in [1.54, 1.807) is 18.3 Å². The molecule has 7 heteroatoms. The first-order valence-corrected chi connectivity index (χ1v) is 9.12. The maximum Gasteiger partial charge on any atom is 0.258 e. The van der Waals surface area contributed by atoms with E-state index in [9.17, 15) is 9.59 Å². The van der Waals surface area contributed by atoms with E-state index in [1.807, 2.05) is 30.3 Å². The molecule has 0 atom stereocenters. The van der Waals surface area contributed by atoms with Crippen molar-refractivity contribution < 1.29 is 14.3 Å². The molecule has 1 aromatic heterocycles. The monoisotopic (exact) mass is 368 g/mol. The Balaban J connectivity index is 1.33. The molecule has 0 saturated carbocycles. The van der Waals surface area contributed by atoms with E-state index >= 15 is 0 Å². The van der Waals surface area contributed by atoms with Crippen LogP contribution in [-0.2, 0) is 16.1 Å².